The number of nitrogens with one attached hydrogen (secondary N) is 1. The summed E-state index contributed by atoms with van der Waals surface area (Å²) >= 11 is 1.47. The zero-order valence-electron chi connectivity index (χ0n) is 10.9. The maximum Gasteiger partial charge on any atom is 0.311 e. The number of anilines is 1. The number of carbonyl (C=O) groups is 1. The Balaban J connectivity index is 1.85. The molecule has 2 aromatic heterocycles. The Hall–Kier alpha value is -1.89. The molecule has 0 saturated carbocycles. The van der Waals surface area contributed by atoms with E-state index in [2.05, 4.69) is 15.4 Å². The van der Waals surface area contributed by atoms with Crippen LogP contribution in [0, 0.1) is 0 Å². The third kappa shape index (κ3) is 4.06. The molecule has 2 rings (SSSR count). The van der Waals surface area contributed by atoms with Crippen molar-refractivity contribution in [3.63, 3.8) is 0 Å². The molecule has 7 heteroatoms. The summed E-state index contributed by atoms with van der Waals surface area (Å²) in [7, 11) is 1.88. The van der Waals surface area contributed by atoms with Crippen LogP contribution in [0.25, 0.3) is 0 Å². The second-order valence-electron chi connectivity index (χ2n) is 3.96. The maximum absolute atomic E-state index is 11.3. The summed E-state index contributed by atoms with van der Waals surface area (Å²) in [6.45, 7) is 2.81. The van der Waals surface area contributed by atoms with Gasteiger partial charge in [-0.3, -0.25) is 9.48 Å². The number of aryl methyl sites for hydroxylation is 1. The molecule has 0 amide bonds. The van der Waals surface area contributed by atoms with Gasteiger partial charge in [0.05, 0.1) is 31.0 Å². The summed E-state index contributed by atoms with van der Waals surface area (Å²) in [6.07, 6.45) is 2.11. The van der Waals surface area contributed by atoms with Gasteiger partial charge in [-0.05, 0) is 13.0 Å². The third-order valence-electron chi connectivity index (χ3n) is 2.37. The molecule has 102 valence electrons. The molecule has 0 radical (unpaired) electrons. The van der Waals surface area contributed by atoms with E-state index in [9.17, 15) is 4.79 Å². The molecule has 0 atom stereocenters. The number of esters is 1. The SMILES string of the molecule is CCOC(=O)Cc1csc(NCc2ccn(C)n2)n1. The predicted molar refractivity (Wildman–Crippen MR) is 73.0 cm³/mol. The van der Waals surface area contributed by atoms with E-state index in [0.29, 0.717) is 13.2 Å². The number of hydrogen-bond acceptors (Lipinski definition) is 6. The standard InChI is InChI=1S/C12H16N4O2S/c1-3-18-11(17)6-10-8-19-12(14-10)13-7-9-4-5-16(2)15-9/h4-5,8H,3,6-7H2,1-2H3,(H,13,14). The molecule has 0 aromatic carbocycles. The number of ether oxygens (including phenoxy) is 1. The Kier molecular flexibility index (Phi) is 4.51. The molecule has 2 aromatic rings. The highest BCUT2D eigenvalue weighted by Crippen LogP contribution is 2.16. The van der Waals surface area contributed by atoms with Gasteiger partial charge in [0, 0.05) is 18.6 Å². The molecule has 6 nitrogen and oxygen atoms in total. The van der Waals surface area contributed by atoms with Crippen LogP contribution in [0.2, 0.25) is 0 Å². The van der Waals surface area contributed by atoms with Gasteiger partial charge in [0.15, 0.2) is 5.13 Å². The van der Waals surface area contributed by atoms with E-state index in [1.165, 1.54) is 11.3 Å². The molecule has 19 heavy (non-hydrogen) atoms. The topological polar surface area (TPSA) is 69.0 Å². The van der Waals surface area contributed by atoms with Crippen LogP contribution in [0.1, 0.15) is 18.3 Å². The lowest BCUT2D eigenvalue weighted by Gasteiger charge is -1.99. The van der Waals surface area contributed by atoms with Crippen molar-refractivity contribution in [2.75, 3.05) is 11.9 Å². The monoisotopic (exact) mass is 280 g/mol. The number of hydrogen-bond donors (Lipinski definition) is 1. The number of thiazole rings is 1. The van der Waals surface area contributed by atoms with Gasteiger partial charge in [-0.1, -0.05) is 0 Å². The van der Waals surface area contributed by atoms with Crippen LogP contribution in [-0.4, -0.2) is 27.3 Å². The zero-order chi connectivity index (χ0) is 13.7. The first kappa shape index (κ1) is 13.5. The highest BCUT2D eigenvalue weighted by atomic mass is 32.1. The van der Waals surface area contributed by atoms with Crippen molar-refractivity contribution in [2.24, 2.45) is 7.05 Å². The number of carbonyl (C=O) groups excluding carboxylic acids is 1. The number of nitrogens with zero attached hydrogens (tertiary/aromatic N) is 3. The summed E-state index contributed by atoms with van der Waals surface area (Å²) < 4.78 is 6.63. The van der Waals surface area contributed by atoms with Gasteiger partial charge >= 0.3 is 5.97 Å². The van der Waals surface area contributed by atoms with E-state index in [0.717, 1.165) is 16.5 Å². The third-order valence-corrected chi connectivity index (χ3v) is 3.22. The Morgan fingerprint density at radius 2 is 2.37 bits per heavy atom. The average Bonchev–Trinajstić information content (AvgIpc) is 2.96. The Labute approximate surface area is 115 Å². The van der Waals surface area contributed by atoms with Crippen molar-refractivity contribution in [1.82, 2.24) is 14.8 Å². The lowest BCUT2D eigenvalue weighted by molar-refractivity contribution is -0.142. The van der Waals surface area contributed by atoms with Crippen LogP contribution < -0.4 is 5.32 Å². The largest absolute Gasteiger partial charge is 0.466 e. The molecule has 0 aliphatic carbocycles. The van der Waals surface area contributed by atoms with E-state index in [4.69, 9.17) is 4.74 Å². The summed E-state index contributed by atoms with van der Waals surface area (Å²) in [5.74, 6) is -0.246. The lowest BCUT2D eigenvalue weighted by atomic mass is 10.3. The molecule has 0 saturated heterocycles. The van der Waals surface area contributed by atoms with Crippen molar-refractivity contribution in [3.05, 3.63) is 29.0 Å². The van der Waals surface area contributed by atoms with Gasteiger partial charge < -0.3 is 10.1 Å². The van der Waals surface area contributed by atoms with Gasteiger partial charge in [0.25, 0.3) is 0 Å². The summed E-state index contributed by atoms with van der Waals surface area (Å²) in [5, 5.41) is 10.1. The Morgan fingerprint density at radius 1 is 1.53 bits per heavy atom. The van der Waals surface area contributed by atoms with Crippen LogP contribution in [0.15, 0.2) is 17.6 Å². The van der Waals surface area contributed by atoms with Crippen molar-refractivity contribution in [3.8, 4) is 0 Å². The van der Waals surface area contributed by atoms with Crippen molar-refractivity contribution >= 4 is 22.4 Å². The fourth-order valence-corrected chi connectivity index (χ4v) is 2.26. The van der Waals surface area contributed by atoms with Crippen LogP contribution in [-0.2, 0) is 29.5 Å². The molecule has 2 heterocycles. The molecule has 0 aliphatic heterocycles. The minimum atomic E-state index is -0.246. The minimum Gasteiger partial charge on any atom is -0.466 e. The quantitative estimate of drug-likeness (QED) is 0.814. The first-order chi connectivity index (χ1) is 9.17. The van der Waals surface area contributed by atoms with Crippen LogP contribution in [0.5, 0.6) is 0 Å². The summed E-state index contributed by atoms with van der Waals surface area (Å²) in [4.78, 5) is 15.6. The fourth-order valence-electron chi connectivity index (χ4n) is 1.55. The molecule has 0 fully saturated rings. The highest BCUT2D eigenvalue weighted by Gasteiger charge is 2.08. The van der Waals surface area contributed by atoms with Gasteiger partial charge in [0.2, 0.25) is 0 Å². The van der Waals surface area contributed by atoms with Crippen molar-refractivity contribution in [2.45, 2.75) is 19.9 Å². The van der Waals surface area contributed by atoms with Crippen molar-refractivity contribution in [1.29, 1.82) is 0 Å². The van der Waals surface area contributed by atoms with E-state index in [1.807, 2.05) is 24.7 Å². The molecule has 1 N–H and O–H groups in total. The zero-order valence-corrected chi connectivity index (χ0v) is 11.7. The number of rotatable bonds is 6. The normalized spacial score (nSPS) is 10.4. The minimum absolute atomic E-state index is 0.218. The predicted octanol–water partition coefficient (Wildman–Crippen LogP) is 1.59. The number of aromatic nitrogens is 3. The lowest BCUT2D eigenvalue weighted by Crippen LogP contribution is -2.08. The van der Waals surface area contributed by atoms with E-state index >= 15 is 0 Å². The summed E-state index contributed by atoms with van der Waals surface area (Å²) in [6, 6.07) is 1.94. The van der Waals surface area contributed by atoms with Crippen LogP contribution >= 0.6 is 11.3 Å². The van der Waals surface area contributed by atoms with Gasteiger partial charge in [-0.15, -0.1) is 11.3 Å². The van der Waals surface area contributed by atoms with Gasteiger partial charge in [-0.2, -0.15) is 5.10 Å². The smallest absolute Gasteiger partial charge is 0.311 e. The second kappa shape index (κ2) is 6.33. The first-order valence-corrected chi connectivity index (χ1v) is 6.87. The molecular weight excluding hydrogens is 264 g/mol. The fraction of sp³-hybridized carbons (Fsp3) is 0.417. The summed E-state index contributed by atoms with van der Waals surface area (Å²) in [5.41, 5.74) is 1.68. The molecule has 0 unspecified atom stereocenters. The molecule has 0 bridgehead atoms. The van der Waals surface area contributed by atoms with Gasteiger partial charge in [0.1, 0.15) is 0 Å². The van der Waals surface area contributed by atoms with E-state index in [-0.39, 0.29) is 12.4 Å². The average molecular weight is 280 g/mol. The molecular formula is C12H16N4O2S. The van der Waals surface area contributed by atoms with Crippen LogP contribution in [0.3, 0.4) is 0 Å². The second-order valence-corrected chi connectivity index (χ2v) is 4.82. The first-order valence-electron chi connectivity index (χ1n) is 5.99. The Bertz CT molecular complexity index is 549. The van der Waals surface area contributed by atoms with Gasteiger partial charge in [-0.25, -0.2) is 4.98 Å². The molecule has 0 aliphatic rings. The van der Waals surface area contributed by atoms with E-state index < -0.39 is 0 Å². The Morgan fingerprint density at radius 3 is 3.05 bits per heavy atom. The highest BCUT2D eigenvalue weighted by molar-refractivity contribution is 7.13. The van der Waals surface area contributed by atoms with Crippen LogP contribution in [0.4, 0.5) is 5.13 Å². The molecule has 0 spiro atoms. The van der Waals surface area contributed by atoms with Crippen molar-refractivity contribution < 1.29 is 9.53 Å². The van der Waals surface area contributed by atoms with E-state index in [1.54, 1.807) is 11.6 Å². The maximum atomic E-state index is 11.3.